The number of nitrogens with two attached hydrogens (primary N) is 1. The average molecular weight is 348 g/mol. The molecule has 1 fully saturated rings. The number of hydrogen-bond donors (Lipinski definition) is 3. The van der Waals surface area contributed by atoms with Crippen LogP contribution in [0.3, 0.4) is 0 Å². The Hall–Kier alpha value is -2.18. The maximum Gasteiger partial charge on any atom is 0.268 e. The Bertz CT molecular complexity index is 686. The van der Waals surface area contributed by atoms with E-state index in [2.05, 4.69) is 15.3 Å². The van der Waals surface area contributed by atoms with Gasteiger partial charge in [-0.25, -0.2) is 15.8 Å². The Kier molecular flexibility index (Phi) is 6.11. The second-order valence-electron chi connectivity index (χ2n) is 5.31. The lowest BCUT2D eigenvalue weighted by molar-refractivity contribution is 0.0953. The van der Waals surface area contributed by atoms with E-state index in [1.165, 1.54) is 12.4 Å². The predicted octanol–water partition coefficient (Wildman–Crippen LogP) is 3.25. The summed E-state index contributed by atoms with van der Waals surface area (Å²) in [5.41, 5.74) is 3.17. The van der Waals surface area contributed by atoms with Crippen molar-refractivity contribution in [2.75, 3.05) is 5.32 Å². The molecule has 0 radical (unpaired) electrons. The molecule has 0 unspecified atom stereocenters. The van der Waals surface area contributed by atoms with Gasteiger partial charge in [0, 0.05) is 17.4 Å². The highest BCUT2D eigenvalue weighted by atomic mass is 35.5. The number of hydrogen-bond acceptors (Lipinski definition) is 5. The number of nitrogen functional groups attached to an aromatic ring is 1. The van der Waals surface area contributed by atoms with E-state index in [4.69, 9.17) is 17.4 Å². The minimum absolute atomic E-state index is 0.240. The highest BCUT2D eigenvalue weighted by Crippen LogP contribution is 2.45. The number of carbonyl (C=O) groups is 1. The van der Waals surface area contributed by atoms with Gasteiger partial charge in [0.15, 0.2) is 0 Å². The molecule has 1 aromatic heterocycles. The van der Waals surface area contributed by atoms with Gasteiger partial charge in [-0.15, -0.1) is 0 Å². The number of nitrogens with zero attached hydrogens (tertiary/aromatic N) is 2. The van der Waals surface area contributed by atoms with Crippen molar-refractivity contribution in [3.8, 4) is 0 Å². The number of aromatic nitrogens is 2. The van der Waals surface area contributed by atoms with Crippen LogP contribution < -0.4 is 16.6 Å². The molecule has 4 N–H and O–H groups in total. The molecule has 1 amide bonds. The topological polar surface area (TPSA) is 92.9 Å². The molecule has 0 saturated heterocycles. The summed E-state index contributed by atoms with van der Waals surface area (Å²) >= 11 is 6.33. The van der Waals surface area contributed by atoms with Crippen LogP contribution in [-0.4, -0.2) is 15.9 Å². The molecule has 1 aliphatic rings. The quantitative estimate of drug-likeness (QED) is 0.448. The van der Waals surface area contributed by atoms with Crippen molar-refractivity contribution in [3.05, 3.63) is 52.8 Å². The largest absolute Gasteiger partial charge is 0.345 e. The summed E-state index contributed by atoms with van der Waals surface area (Å²) < 4.78 is 0. The predicted molar refractivity (Wildman–Crippen MR) is 95.6 cm³/mol. The van der Waals surface area contributed by atoms with Gasteiger partial charge in [0.1, 0.15) is 0 Å². The third-order valence-electron chi connectivity index (χ3n) is 3.99. The summed E-state index contributed by atoms with van der Waals surface area (Å²) in [6.07, 6.45) is 5.93. The van der Waals surface area contributed by atoms with E-state index in [0.717, 1.165) is 29.8 Å². The van der Waals surface area contributed by atoms with Crippen LogP contribution in [0, 0.1) is 0 Å². The van der Waals surface area contributed by atoms with Gasteiger partial charge < -0.3 is 5.32 Å². The molecular formula is C17H22ClN5O. The standard InChI is InChI=1S/C15H16ClN5O.C2H6/c16-12-5-2-1-4-11(12)15(6-3-7-15)20-14-18-8-10(9-19-14)13(22)21-17;1-2/h1-2,4-5,8-9H,3,6-7,17H2,(H,21,22)(H,18,19,20);1-2H3. The van der Waals surface area contributed by atoms with E-state index in [0.29, 0.717) is 11.5 Å². The molecule has 3 rings (SSSR count). The van der Waals surface area contributed by atoms with E-state index in [1.807, 2.05) is 43.5 Å². The van der Waals surface area contributed by atoms with E-state index in [9.17, 15) is 4.79 Å². The zero-order valence-electron chi connectivity index (χ0n) is 13.8. The summed E-state index contributed by atoms with van der Waals surface area (Å²) in [5, 5.41) is 4.09. The van der Waals surface area contributed by atoms with Crippen molar-refractivity contribution in [1.29, 1.82) is 0 Å². The summed E-state index contributed by atoms with van der Waals surface area (Å²) in [6.45, 7) is 4.00. The third-order valence-corrected chi connectivity index (χ3v) is 4.32. The van der Waals surface area contributed by atoms with Crippen molar-refractivity contribution in [1.82, 2.24) is 15.4 Å². The average Bonchev–Trinajstić information content (AvgIpc) is 2.60. The number of rotatable bonds is 4. The Labute approximate surface area is 146 Å². The highest BCUT2D eigenvalue weighted by Gasteiger charge is 2.40. The van der Waals surface area contributed by atoms with Gasteiger partial charge in [-0.1, -0.05) is 43.6 Å². The van der Waals surface area contributed by atoms with Crippen molar-refractivity contribution in [2.45, 2.75) is 38.6 Å². The molecule has 7 heteroatoms. The number of nitrogens with one attached hydrogen (secondary N) is 2. The Morgan fingerprint density at radius 1 is 1.21 bits per heavy atom. The van der Waals surface area contributed by atoms with E-state index in [-0.39, 0.29) is 5.54 Å². The molecular weight excluding hydrogens is 326 g/mol. The normalized spacial score (nSPS) is 14.7. The maximum atomic E-state index is 11.4. The van der Waals surface area contributed by atoms with Crippen LogP contribution in [0.25, 0.3) is 0 Å². The van der Waals surface area contributed by atoms with Crippen molar-refractivity contribution < 1.29 is 4.79 Å². The van der Waals surface area contributed by atoms with Gasteiger partial charge in [-0.2, -0.15) is 0 Å². The first-order valence-corrected chi connectivity index (χ1v) is 8.39. The van der Waals surface area contributed by atoms with Gasteiger partial charge in [0.25, 0.3) is 5.91 Å². The number of hydrazine groups is 1. The molecule has 0 bridgehead atoms. The lowest BCUT2D eigenvalue weighted by Crippen LogP contribution is -2.42. The molecule has 2 aromatic rings. The molecule has 1 aromatic carbocycles. The van der Waals surface area contributed by atoms with Crippen LogP contribution in [-0.2, 0) is 5.54 Å². The van der Waals surface area contributed by atoms with Gasteiger partial charge in [0.2, 0.25) is 5.95 Å². The molecule has 128 valence electrons. The van der Waals surface area contributed by atoms with Crippen molar-refractivity contribution >= 4 is 23.5 Å². The van der Waals surface area contributed by atoms with Crippen LogP contribution in [0.4, 0.5) is 5.95 Å². The fourth-order valence-corrected chi connectivity index (χ4v) is 2.97. The second kappa shape index (κ2) is 8.08. The highest BCUT2D eigenvalue weighted by molar-refractivity contribution is 6.31. The summed E-state index contributed by atoms with van der Waals surface area (Å²) in [7, 11) is 0. The minimum atomic E-state index is -0.420. The van der Waals surface area contributed by atoms with E-state index >= 15 is 0 Å². The van der Waals surface area contributed by atoms with E-state index < -0.39 is 5.91 Å². The molecule has 0 atom stereocenters. The lowest BCUT2D eigenvalue weighted by Gasteiger charge is -2.43. The Morgan fingerprint density at radius 2 is 1.83 bits per heavy atom. The van der Waals surface area contributed by atoms with Crippen LogP contribution >= 0.6 is 11.6 Å². The molecule has 0 aliphatic heterocycles. The first-order chi connectivity index (χ1) is 11.6. The van der Waals surface area contributed by atoms with Crippen LogP contribution in [0.1, 0.15) is 49.0 Å². The fourth-order valence-electron chi connectivity index (χ4n) is 2.65. The molecule has 1 aliphatic carbocycles. The number of amides is 1. The number of carbonyl (C=O) groups excluding carboxylic acids is 1. The summed E-state index contributed by atoms with van der Waals surface area (Å²) in [5.74, 6) is 5.13. The maximum absolute atomic E-state index is 11.4. The van der Waals surface area contributed by atoms with Gasteiger partial charge in [-0.3, -0.25) is 10.2 Å². The lowest BCUT2D eigenvalue weighted by atomic mass is 9.72. The van der Waals surface area contributed by atoms with Gasteiger partial charge in [0.05, 0.1) is 11.1 Å². The monoisotopic (exact) mass is 347 g/mol. The van der Waals surface area contributed by atoms with Crippen molar-refractivity contribution in [3.63, 3.8) is 0 Å². The third kappa shape index (κ3) is 3.66. The van der Waals surface area contributed by atoms with Crippen molar-refractivity contribution in [2.24, 2.45) is 5.84 Å². The zero-order valence-corrected chi connectivity index (χ0v) is 14.6. The molecule has 1 saturated carbocycles. The van der Waals surface area contributed by atoms with Crippen LogP contribution in [0.5, 0.6) is 0 Å². The molecule has 0 spiro atoms. The van der Waals surface area contributed by atoms with E-state index in [1.54, 1.807) is 0 Å². The molecule has 6 nitrogen and oxygen atoms in total. The summed E-state index contributed by atoms with van der Waals surface area (Å²) in [6, 6.07) is 7.78. The Balaban J connectivity index is 0.00000100. The van der Waals surface area contributed by atoms with Gasteiger partial charge in [-0.05, 0) is 30.9 Å². The number of benzene rings is 1. The smallest absolute Gasteiger partial charge is 0.268 e. The summed E-state index contributed by atoms with van der Waals surface area (Å²) in [4.78, 5) is 19.8. The SMILES string of the molecule is CC.NNC(=O)c1cnc(NC2(c3ccccc3Cl)CCC2)nc1. The molecule has 24 heavy (non-hydrogen) atoms. The fraction of sp³-hybridized carbons (Fsp3) is 0.353. The second-order valence-corrected chi connectivity index (χ2v) is 5.72. The van der Waals surface area contributed by atoms with Crippen LogP contribution in [0.15, 0.2) is 36.7 Å². The first kappa shape index (κ1) is 18.2. The minimum Gasteiger partial charge on any atom is -0.345 e. The first-order valence-electron chi connectivity index (χ1n) is 8.01. The van der Waals surface area contributed by atoms with Gasteiger partial charge >= 0.3 is 0 Å². The Morgan fingerprint density at radius 3 is 2.33 bits per heavy atom. The van der Waals surface area contributed by atoms with Crippen LogP contribution in [0.2, 0.25) is 5.02 Å². The zero-order chi connectivity index (χ0) is 17.6. The number of halogens is 1. The molecule has 1 heterocycles. The number of anilines is 1.